The first-order valence-corrected chi connectivity index (χ1v) is 8.86. The van der Waals surface area contributed by atoms with Crippen molar-refractivity contribution in [3.63, 3.8) is 0 Å². The minimum absolute atomic E-state index is 0.117. The molecule has 1 N–H and O–H groups in total. The van der Waals surface area contributed by atoms with Crippen molar-refractivity contribution in [3.8, 4) is 0 Å². The van der Waals surface area contributed by atoms with Gasteiger partial charge in [0.1, 0.15) is 5.52 Å². The lowest BCUT2D eigenvalue weighted by Crippen LogP contribution is -2.36. The van der Waals surface area contributed by atoms with Crippen LogP contribution in [0.25, 0.3) is 10.9 Å². The minimum Gasteiger partial charge on any atom is -0.348 e. The van der Waals surface area contributed by atoms with Crippen LogP contribution in [0.15, 0.2) is 59.4 Å². The quantitative estimate of drug-likeness (QED) is 0.688. The third-order valence-corrected chi connectivity index (χ3v) is 4.26. The van der Waals surface area contributed by atoms with E-state index in [4.69, 9.17) is 0 Å². The molecule has 1 heterocycles. The van der Waals surface area contributed by atoms with Crippen LogP contribution >= 0.6 is 0 Å². The Hall–Kier alpha value is -3.06. The molecular formula is C20H23N5O2. The van der Waals surface area contributed by atoms with Crippen LogP contribution in [-0.4, -0.2) is 46.4 Å². The van der Waals surface area contributed by atoms with Crippen LogP contribution in [0.3, 0.4) is 0 Å². The molecule has 0 saturated carbocycles. The van der Waals surface area contributed by atoms with Gasteiger partial charge in [-0.3, -0.25) is 9.59 Å². The predicted molar refractivity (Wildman–Crippen MR) is 104 cm³/mol. The van der Waals surface area contributed by atoms with Crippen molar-refractivity contribution in [2.45, 2.75) is 19.0 Å². The number of carbonyl (C=O) groups is 1. The highest BCUT2D eigenvalue weighted by Gasteiger charge is 2.16. The summed E-state index contributed by atoms with van der Waals surface area (Å²) in [5.41, 5.74) is 1.36. The lowest BCUT2D eigenvalue weighted by atomic mass is 10.1. The predicted octanol–water partition coefficient (Wildman–Crippen LogP) is 1.60. The van der Waals surface area contributed by atoms with Gasteiger partial charge in [0.2, 0.25) is 5.91 Å². The van der Waals surface area contributed by atoms with Crippen molar-refractivity contribution in [1.29, 1.82) is 0 Å². The summed E-state index contributed by atoms with van der Waals surface area (Å²) in [5, 5.41) is 11.5. The van der Waals surface area contributed by atoms with Gasteiger partial charge in [0.05, 0.1) is 18.0 Å². The summed E-state index contributed by atoms with van der Waals surface area (Å²) < 4.78 is 1.24. The standard InChI is InChI=1S/C20H23N5O2/c1-24(2)14-18(15-8-4-3-5-9-15)21-19(26)12-13-25-20(27)16-10-6-7-11-17(16)22-23-25/h3-11,18H,12-14H2,1-2H3,(H,21,26)/t18-/m0/s1. The number of rotatable bonds is 7. The fourth-order valence-electron chi connectivity index (χ4n) is 2.93. The van der Waals surface area contributed by atoms with Gasteiger partial charge in [0, 0.05) is 13.0 Å². The first kappa shape index (κ1) is 18.7. The summed E-state index contributed by atoms with van der Waals surface area (Å²) in [5.74, 6) is -0.132. The van der Waals surface area contributed by atoms with E-state index in [9.17, 15) is 9.59 Å². The third kappa shape index (κ3) is 4.77. The first-order chi connectivity index (χ1) is 13.0. The molecule has 0 radical (unpaired) electrons. The fourth-order valence-corrected chi connectivity index (χ4v) is 2.93. The molecule has 7 heteroatoms. The van der Waals surface area contributed by atoms with E-state index in [1.165, 1.54) is 4.68 Å². The van der Waals surface area contributed by atoms with Crippen molar-refractivity contribution < 1.29 is 4.79 Å². The van der Waals surface area contributed by atoms with Gasteiger partial charge in [-0.25, -0.2) is 4.68 Å². The van der Waals surface area contributed by atoms with Crippen LogP contribution in [0.5, 0.6) is 0 Å². The molecule has 0 spiro atoms. The molecule has 0 bridgehead atoms. The van der Waals surface area contributed by atoms with Crippen molar-refractivity contribution in [1.82, 2.24) is 25.2 Å². The van der Waals surface area contributed by atoms with Crippen molar-refractivity contribution in [2.75, 3.05) is 20.6 Å². The van der Waals surface area contributed by atoms with E-state index in [0.717, 1.165) is 5.56 Å². The average molecular weight is 365 g/mol. The van der Waals surface area contributed by atoms with Crippen molar-refractivity contribution >= 4 is 16.8 Å². The highest BCUT2D eigenvalue weighted by molar-refractivity contribution is 5.77. The van der Waals surface area contributed by atoms with Gasteiger partial charge < -0.3 is 10.2 Å². The summed E-state index contributed by atoms with van der Waals surface area (Å²) in [4.78, 5) is 26.9. The smallest absolute Gasteiger partial charge is 0.277 e. The van der Waals surface area contributed by atoms with Crippen LogP contribution in [0.2, 0.25) is 0 Å². The average Bonchev–Trinajstić information content (AvgIpc) is 2.67. The number of carbonyl (C=O) groups excluding carboxylic acids is 1. The van der Waals surface area contributed by atoms with Gasteiger partial charge in [0.15, 0.2) is 0 Å². The number of nitrogens with one attached hydrogen (secondary N) is 1. The Morgan fingerprint density at radius 3 is 2.56 bits per heavy atom. The summed E-state index contributed by atoms with van der Waals surface area (Å²) in [6.07, 6.45) is 0.156. The number of aryl methyl sites for hydroxylation is 1. The number of fused-ring (bicyclic) bond motifs is 1. The van der Waals surface area contributed by atoms with E-state index < -0.39 is 0 Å². The van der Waals surface area contributed by atoms with E-state index >= 15 is 0 Å². The Bertz CT molecular complexity index is 969. The Morgan fingerprint density at radius 1 is 1.11 bits per heavy atom. The lowest BCUT2D eigenvalue weighted by Gasteiger charge is -2.23. The van der Waals surface area contributed by atoms with E-state index in [1.54, 1.807) is 18.2 Å². The normalized spacial score (nSPS) is 12.3. The summed E-state index contributed by atoms with van der Waals surface area (Å²) >= 11 is 0. The van der Waals surface area contributed by atoms with Gasteiger partial charge in [-0.2, -0.15) is 0 Å². The maximum absolute atomic E-state index is 12.5. The highest BCUT2D eigenvalue weighted by Crippen LogP contribution is 2.13. The molecule has 27 heavy (non-hydrogen) atoms. The second-order valence-electron chi connectivity index (χ2n) is 6.68. The maximum Gasteiger partial charge on any atom is 0.277 e. The van der Waals surface area contributed by atoms with E-state index in [2.05, 4.69) is 15.6 Å². The van der Waals surface area contributed by atoms with Crippen molar-refractivity contribution in [2.24, 2.45) is 0 Å². The molecule has 0 aliphatic rings. The molecule has 1 aromatic heterocycles. The number of benzene rings is 2. The minimum atomic E-state index is -0.235. The Kier molecular flexibility index (Phi) is 5.93. The molecule has 1 atom stereocenters. The fraction of sp³-hybridized carbons (Fsp3) is 0.300. The third-order valence-electron chi connectivity index (χ3n) is 4.26. The topological polar surface area (TPSA) is 80.1 Å². The van der Waals surface area contributed by atoms with Gasteiger partial charge >= 0.3 is 0 Å². The number of nitrogens with zero attached hydrogens (tertiary/aromatic N) is 4. The van der Waals surface area contributed by atoms with E-state index in [1.807, 2.05) is 55.4 Å². The zero-order chi connectivity index (χ0) is 19.2. The van der Waals surface area contributed by atoms with Gasteiger partial charge in [-0.1, -0.05) is 47.7 Å². The van der Waals surface area contributed by atoms with Gasteiger partial charge in [0.25, 0.3) is 5.56 Å². The molecule has 3 aromatic rings. The van der Waals surface area contributed by atoms with Crippen molar-refractivity contribution in [3.05, 3.63) is 70.5 Å². The molecule has 7 nitrogen and oxygen atoms in total. The Balaban J connectivity index is 1.68. The van der Waals surface area contributed by atoms with E-state index in [-0.39, 0.29) is 30.5 Å². The largest absolute Gasteiger partial charge is 0.348 e. The SMILES string of the molecule is CN(C)C[C@H](NC(=O)CCn1nnc2ccccc2c1=O)c1ccccc1. The summed E-state index contributed by atoms with van der Waals surface area (Å²) in [6, 6.07) is 16.8. The number of likely N-dealkylation sites (N-methyl/N-ethyl adjacent to an activating group) is 1. The molecule has 0 fully saturated rings. The molecule has 0 unspecified atom stereocenters. The number of aromatic nitrogens is 3. The van der Waals surface area contributed by atoms with Crippen LogP contribution in [-0.2, 0) is 11.3 Å². The Morgan fingerprint density at radius 2 is 1.81 bits per heavy atom. The molecule has 0 aliphatic carbocycles. The zero-order valence-corrected chi connectivity index (χ0v) is 15.5. The second kappa shape index (κ2) is 8.55. The van der Waals surface area contributed by atoms with Crippen LogP contribution in [0.4, 0.5) is 0 Å². The maximum atomic E-state index is 12.5. The Labute approximate surface area is 157 Å². The first-order valence-electron chi connectivity index (χ1n) is 8.86. The molecule has 2 aromatic carbocycles. The summed E-state index contributed by atoms with van der Waals surface area (Å²) in [7, 11) is 3.93. The van der Waals surface area contributed by atoms with Gasteiger partial charge in [-0.15, -0.1) is 5.10 Å². The van der Waals surface area contributed by atoms with E-state index in [0.29, 0.717) is 17.4 Å². The number of hydrogen-bond acceptors (Lipinski definition) is 5. The molecular weight excluding hydrogens is 342 g/mol. The molecule has 0 saturated heterocycles. The van der Waals surface area contributed by atoms with Crippen LogP contribution < -0.4 is 10.9 Å². The number of hydrogen-bond donors (Lipinski definition) is 1. The molecule has 0 aliphatic heterocycles. The molecule has 3 rings (SSSR count). The monoisotopic (exact) mass is 365 g/mol. The second-order valence-corrected chi connectivity index (χ2v) is 6.68. The summed E-state index contributed by atoms with van der Waals surface area (Å²) in [6.45, 7) is 0.872. The molecule has 1 amide bonds. The highest BCUT2D eigenvalue weighted by atomic mass is 16.2. The van der Waals surface area contributed by atoms with Crippen LogP contribution in [0, 0.1) is 0 Å². The number of amides is 1. The zero-order valence-electron chi connectivity index (χ0n) is 15.5. The van der Waals surface area contributed by atoms with Gasteiger partial charge in [-0.05, 0) is 31.8 Å². The van der Waals surface area contributed by atoms with Crippen LogP contribution in [0.1, 0.15) is 18.0 Å². The molecule has 140 valence electrons. The lowest BCUT2D eigenvalue weighted by molar-refractivity contribution is -0.122.